The van der Waals surface area contributed by atoms with Crippen molar-refractivity contribution in [2.24, 2.45) is 0 Å². The van der Waals surface area contributed by atoms with Gasteiger partial charge < -0.3 is 20.5 Å². The number of H-pyrrole nitrogens is 1. The average molecular weight is 379 g/mol. The van der Waals surface area contributed by atoms with Crippen LogP contribution in [0, 0.1) is 0 Å². The molecule has 0 aliphatic heterocycles. The van der Waals surface area contributed by atoms with Gasteiger partial charge in [-0.3, -0.25) is 4.79 Å². The number of aliphatic hydroxyl groups is 1. The van der Waals surface area contributed by atoms with Crippen LogP contribution in [0.4, 0.5) is 18.9 Å². The molecule has 0 unspecified atom stereocenters. The summed E-state index contributed by atoms with van der Waals surface area (Å²) in [4.78, 5) is 30.4. The molecule has 0 atom stereocenters. The summed E-state index contributed by atoms with van der Waals surface area (Å²) in [6, 6.07) is 6.66. The van der Waals surface area contributed by atoms with E-state index in [1.807, 2.05) is 0 Å². The first-order valence-electron chi connectivity index (χ1n) is 7.55. The summed E-state index contributed by atoms with van der Waals surface area (Å²) in [6.07, 6.45) is -4.72. The minimum Gasteiger partial charge on any atom is -0.478 e. The molecule has 140 valence electrons. The number of fused-ring (bicyclic) bond motifs is 1. The number of nitrogens with zero attached hydrogens (tertiary/aromatic N) is 1. The van der Waals surface area contributed by atoms with Crippen LogP contribution in [0.2, 0.25) is 0 Å². The maximum absolute atomic E-state index is 13.1. The lowest BCUT2D eigenvalue weighted by Crippen LogP contribution is -2.18. The third-order valence-electron chi connectivity index (χ3n) is 3.75. The first-order chi connectivity index (χ1) is 12.7. The minimum atomic E-state index is -4.72. The van der Waals surface area contributed by atoms with Gasteiger partial charge in [-0.1, -0.05) is 12.1 Å². The molecule has 0 radical (unpaired) electrons. The molecular weight excluding hydrogens is 367 g/mol. The van der Waals surface area contributed by atoms with Gasteiger partial charge in [-0.15, -0.1) is 0 Å². The van der Waals surface area contributed by atoms with E-state index in [0.29, 0.717) is 0 Å². The molecule has 0 saturated heterocycles. The number of hydrogen-bond acceptors (Lipinski definition) is 4. The number of amides is 1. The number of aromatic carboxylic acids is 1. The quantitative estimate of drug-likeness (QED) is 0.556. The molecule has 3 rings (SSSR count). The number of carboxylic acids is 1. The predicted molar refractivity (Wildman–Crippen MR) is 88.4 cm³/mol. The Morgan fingerprint density at radius 3 is 2.48 bits per heavy atom. The summed E-state index contributed by atoms with van der Waals surface area (Å²) < 4.78 is 39.2. The van der Waals surface area contributed by atoms with Crippen LogP contribution in [0.25, 0.3) is 11.0 Å². The number of hydrogen-bond donors (Lipinski definition) is 4. The highest BCUT2D eigenvalue weighted by atomic mass is 19.4. The molecule has 0 bridgehead atoms. The van der Waals surface area contributed by atoms with Gasteiger partial charge in [-0.05, 0) is 24.3 Å². The number of aliphatic hydroxyl groups excluding tert-OH is 1. The molecular formula is C17H12F3N3O4. The summed E-state index contributed by atoms with van der Waals surface area (Å²) in [5, 5.41) is 20.7. The Morgan fingerprint density at radius 1 is 1.15 bits per heavy atom. The van der Waals surface area contributed by atoms with E-state index in [4.69, 9.17) is 5.11 Å². The second-order valence-electron chi connectivity index (χ2n) is 5.56. The van der Waals surface area contributed by atoms with E-state index in [9.17, 15) is 27.9 Å². The van der Waals surface area contributed by atoms with Crippen molar-refractivity contribution in [1.82, 2.24) is 9.97 Å². The third kappa shape index (κ3) is 3.60. The number of benzene rings is 2. The van der Waals surface area contributed by atoms with Gasteiger partial charge in [0.25, 0.3) is 5.91 Å². The van der Waals surface area contributed by atoms with E-state index in [1.165, 1.54) is 12.1 Å². The van der Waals surface area contributed by atoms with Gasteiger partial charge in [0, 0.05) is 5.69 Å². The smallest absolute Gasteiger partial charge is 0.417 e. The van der Waals surface area contributed by atoms with E-state index in [1.54, 1.807) is 0 Å². The van der Waals surface area contributed by atoms with Crippen molar-refractivity contribution in [3.05, 3.63) is 58.9 Å². The van der Waals surface area contributed by atoms with Gasteiger partial charge in [-0.25, -0.2) is 9.78 Å². The number of carboxylic acid groups (broad SMARTS) is 1. The maximum atomic E-state index is 13.1. The number of aromatic nitrogens is 2. The van der Waals surface area contributed by atoms with E-state index in [0.717, 1.165) is 24.3 Å². The normalized spacial score (nSPS) is 11.6. The summed E-state index contributed by atoms with van der Waals surface area (Å²) >= 11 is 0. The summed E-state index contributed by atoms with van der Waals surface area (Å²) in [5.41, 5.74) is -1.75. The zero-order valence-corrected chi connectivity index (χ0v) is 13.5. The standard InChI is InChI=1S/C17H12F3N3O4/c18-17(19,20)11-4-2-1-3-9(11)15(25)21-8-5-10(16(26)27)14-12(6-8)22-13(7-24)23-14/h1-6,24H,7H2,(H,21,25)(H,22,23)(H,26,27). The van der Waals surface area contributed by atoms with E-state index in [2.05, 4.69) is 15.3 Å². The SMILES string of the molecule is O=C(Nc1cc(C(=O)O)c2nc(CO)[nH]c2c1)c1ccccc1C(F)(F)F. The topological polar surface area (TPSA) is 115 Å². The first kappa shape index (κ1) is 18.4. The fourth-order valence-corrected chi connectivity index (χ4v) is 2.61. The monoisotopic (exact) mass is 379 g/mol. The van der Waals surface area contributed by atoms with Crippen LogP contribution in [0.5, 0.6) is 0 Å². The molecule has 10 heteroatoms. The fraction of sp³-hybridized carbons (Fsp3) is 0.118. The Labute approximate surface area is 149 Å². The molecule has 1 heterocycles. The molecule has 1 amide bonds. The number of anilines is 1. The maximum Gasteiger partial charge on any atom is 0.417 e. The molecule has 0 spiro atoms. The largest absolute Gasteiger partial charge is 0.478 e. The zero-order valence-electron chi connectivity index (χ0n) is 13.5. The fourth-order valence-electron chi connectivity index (χ4n) is 2.61. The lowest BCUT2D eigenvalue weighted by atomic mass is 10.1. The molecule has 1 aromatic heterocycles. The summed E-state index contributed by atoms with van der Waals surface area (Å²) in [5.74, 6) is -2.28. The van der Waals surface area contributed by atoms with Gasteiger partial charge in [0.1, 0.15) is 17.9 Å². The van der Waals surface area contributed by atoms with Crippen LogP contribution in [0.1, 0.15) is 32.1 Å². The highest BCUT2D eigenvalue weighted by Gasteiger charge is 2.34. The number of rotatable bonds is 4. The highest BCUT2D eigenvalue weighted by Crippen LogP contribution is 2.32. The Kier molecular flexibility index (Phi) is 4.58. The second-order valence-corrected chi connectivity index (χ2v) is 5.56. The Morgan fingerprint density at radius 2 is 1.85 bits per heavy atom. The molecule has 0 aliphatic rings. The van der Waals surface area contributed by atoms with Crippen molar-refractivity contribution in [1.29, 1.82) is 0 Å². The Balaban J connectivity index is 2.02. The van der Waals surface area contributed by atoms with E-state index >= 15 is 0 Å². The highest BCUT2D eigenvalue weighted by molar-refractivity contribution is 6.08. The second kappa shape index (κ2) is 6.72. The molecule has 0 aliphatic carbocycles. The van der Waals surface area contributed by atoms with Crippen LogP contribution in [0.3, 0.4) is 0 Å². The number of imidazole rings is 1. The minimum absolute atomic E-state index is 0.0324. The lowest BCUT2D eigenvalue weighted by Gasteiger charge is -2.13. The van der Waals surface area contributed by atoms with Crippen LogP contribution in [-0.2, 0) is 12.8 Å². The number of alkyl halides is 3. The molecule has 2 aromatic carbocycles. The number of nitrogens with one attached hydrogen (secondary N) is 2. The van der Waals surface area contributed by atoms with Crippen LogP contribution < -0.4 is 5.32 Å². The van der Waals surface area contributed by atoms with Crippen LogP contribution >= 0.6 is 0 Å². The van der Waals surface area contributed by atoms with Crippen molar-refractivity contribution >= 4 is 28.6 Å². The molecule has 0 fully saturated rings. The zero-order chi connectivity index (χ0) is 19.8. The van der Waals surface area contributed by atoms with Gasteiger partial charge in [-0.2, -0.15) is 13.2 Å². The van der Waals surface area contributed by atoms with Crippen molar-refractivity contribution in [3.63, 3.8) is 0 Å². The van der Waals surface area contributed by atoms with E-state index < -0.39 is 35.8 Å². The van der Waals surface area contributed by atoms with Gasteiger partial charge >= 0.3 is 12.1 Å². The third-order valence-corrected chi connectivity index (χ3v) is 3.75. The molecule has 3 aromatic rings. The van der Waals surface area contributed by atoms with Gasteiger partial charge in [0.15, 0.2) is 0 Å². The predicted octanol–water partition coefficient (Wildman–Crippen LogP) is 3.02. The van der Waals surface area contributed by atoms with Gasteiger partial charge in [0.05, 0.1) is 22.2 Å². The molecule has 7 nitrogen and oxygen atoms in total. The molecule has 4 N–H and O–H groups in total. The van der Waals surface area contributed by atoms with Gasteiger partial charge in [0.2, 0.25) is 0 Å². The van der Waals surface area contributed by atoms with E-state index in [-0.39, 0.29) is 28.1 Å². The van der Waals surface area contributed by atoms with Crippen molar-refractivity contribution in [2.45, 2.75) is 12.8 Å². The van der Waals surface area contributed by atoms with Crippen LogP contribution in [0.15, 0.2) is 36.4 Å². The van der Waals surface area contributed by atoms with Crippen molar-refractivity contribution < 1.29 is 33.0 Å². The first-order valence-corrected chi connectivity index (χ1v) is 7.55. The molecule has 0 saturated carbocycles. The average Bonchev–Trinajstić information content (AvgIpc) is 3.03. The summed E-state index contributed by atoms with van der Waals surface area (Å²) in [7, 11) is 0. The van der Waals surface area contributed by atoms with Crippen molar-refractivity contribution in [2.75, 3.05) is 5.32 Å². The number of carbonyl (C=O) groups is 2. The van der Waals surface area contributed by atoms with Crippen molar-refractivity contribution in [3.8, 4) is 0 Å². The van der Waals surface area contributed by atoms with Crippen LogP contribution in [-0.4, -0.2) is 32.1 Å². The number of halogens is 3. The Bertz CT molecular complexity index is 1040. The Hall–Kier alpha value is -3.40. The lowest BCUT2D eigenvalue weighted by molar-refractivity contribution is -0.137. The number of aromatic amines is 1. The summed E-state index contributed by atoms with van der Waals surface area (Å²) in [6.45, 7) is -0.464. The number of carbonyl (C=O) groups excluding carboxylic acids is 1. The molecule has 27 heavy (non-hydrogen) atoms.